The summed E-state index contributed by atoms with van der Waals surface area (Å²) in [5.41, 5.74) is 0.684. The molecule has 152 valence electrons. The van der Waals surface area contributed by atoms with E-state index in [1.54, 1.807) is 41.6 Å². The molecule has 0 N–H and O–H groups in total. The minimum atomic E-state index is -0.135. The Hall–Kier alpha value is -3.03. The van der Waals surface area contributed by atoms with Gasteiger partial charge in [0.05, 0.1) is 0 Å². The Morgan fingerprint density at radius 3 is 1.83 bits per heavy atom. The number of carbonyl (C=O) groups is 2. The van der Waals surface area contributed by atoms with Crippen LogP contribution in [0.5, 0.6) is 0 Å². The van der Waals surface area contributed by atoms with Gasteiger partial charge < -0.3 is 14.7 Å². The molecule has 2 aliphatic rings. The Morgan fingerprint density at radius 2 is 1.24 bits per heavy atom. The van der Waals surface area contributed by atoms with Crippen LogP contribution in [0.3, 0.4) is 0 Å². The van der Waals surface area contributed by atoms with Crippen LogP contribution in [0.25, 0.3) is 0 Å². The zero-order valence-corrected chi connectivity index (χ0v) is 16.5. The van der Waals surface area contributed by atoms with Crippen molar-refractivity contribution in [2.45, 2.75) is 25.7 Å². The molecule has 2 saturated heterocycles. The molecule has 0 spiro atoms. The number of piperazine rings is 1. The number of rotatable bonds is 3. The highest BCUT2D eigenvalue weighted by atomic mass is 16.2. The van der Waals surface area contributed by atoms with Crippen LogP contribution in [-0.4, -0.2) is 75.8 Å². The van der Waals surface area contributed by atoms with Crippen molar-refractivity contribution in [2.24, 2.45) is 0 Å². The Labute approximate surface area is 170 Å². The minimum Gasteiger partial charge on any atom is -0.337 e. The third kappa shape index (κ3) is 4.52. The highest BCUT2D eigenvalue weighted by Crippen LogP contribution is 2.15. The molecule has 0 aliphatic carbocycles. The third-order valence-corrected chi connectivity index (χ3v) is 5.48. The summed E-state index contributed by atoms with van der Waals surface area (Å²) < 4.78 is 0. The Bertz CT molecular complexity index is 843. The summed E-state index contributed by atoms with van der Waals surface area (Å²) in [5, 5.41) is 0. The number of anilines is 1. The molecule has 29 heavy (non-hydrogen) atoms. The topological polar surface area (TPSA) is 82.5 Å². The van der Waals surface area contributed by atoms with Gasteiger partial charge in [0.15, 0.2) is 0 Å². The lowest BCUT2D eigenvalue weighted by Crippen LogP contribution is -2.49. The molecule has 0 unspecified atom stereocenters. The first kappa shape index (κ1) is 19.3. The number of likely N-dealkylation sites (tertiary alicyclic amines) is 1. The van der Waals surface area contributed by atoms with Gasteiger partial charge in [-0.1, -0.05) is 18.9 Å². The lowest BCUT2D eigenvalue weighted by atomic mass is 10.2. The molecule has 2 aromatic rings. The normalized spacial score (nSPS) is 17.7. The van der Waals surface area contributed by atoms with Gasteiger partial charge in [-0.15, -0.1) is 0 Å². The maximum absolute atomic E-state index is 12.9. The predicted molar refractivity (Wildman–Crippen MR) is 109 cm³/mol. The number of nitrogens with zero attached hydrogens (tertiary/aromatic N) is 6. The number of hydrogen-bond donors (Lipinski definition) is 0. The average Bonchev–Trinajstić information content (AvgIpc) is 3.08. The quantitative estimate of drug-likeness (QED) is 0.790. The average molecular weight is 394 g/mol. The second-order valence-corrected chi connectivity index (χ2v) is 7.44. The second-order valence-electron chi connectivity index (χ2n) is 7.44. The van der Waals surface area contributed by atoms with Crippen molar-refractivity contribution in [1.82, 2.24) is 24.8 Å². The number of carbonyl (C=O) groups excluding carboxylic acids is 2. The van der Waals surface area contributed by atoms with Crippen molar-refractivity contribution in [3.05, 3.63) is 48.0 Å². The van der Waals surface area contributed by atoms with Crippen LogP contribution in [0.15, 0.2) is 36.7 Å². The van der Waals surface area contributed by atoms with E-state index >= 15 is 0 Å². The number of hydrogen-bond acceptors (Lipinski definition) is 6. The monoisotopic (exact) mass is 394 g/mol. The molecular formula is C21H26N6O2. The summed E-state index contributed by atoms with van der Waals surface area (Å²) in [7, 11) is 0. The Balaban J connectivity index is 1.40. The fraction of sp³-hybridized carbons (Fsp3) is 0.476. The first-order valence-electron chi connectivity index (χ1n) is 10.3. The predicted octanol–water partition coefficient (Wildman–Crippen LogP) is 1.85. The van der Waals surface area contributed by atoms with Gasteiger partial charge in [-0.3, -0.25) is 9.59 Å². The van der Waals surface area contributed by atoms with Crippen LogP contribution in [0.2, 0.25) is 0 Å². The molecule has 4 heterocycles. The summed E-state index contributed by atoms with van der Waals surface area (Å²) in [6.45, 7) is 4.01. The van der Waals surface area contributed by atoms with E-state index in [-0.39, 0.29) is 11.8 Å². The zero-order valence-electron chi connectivity index (χ0n) is 16.5. The van der Waals surface area contributed by atoms with E-state index in [1.807, 2.05) is 4.90 Å². The maximum Gasteiger partial charge on any atom is 0.272 e. The van der Waals surface area contributed by atoms with Crippen LogP contribution in [0.1, 0.15) is 46.7 Å². The van der Waals surface area contributed by atoms with Crippen LogP contribution < -0.4 is 4.90 Å². The van der Waals surface area contributed by atoms with Crippen LogP contribution in [-0.2, 0) is 0 Å². The van der Waals surface area contributed by atoms with Crippen LogP contribution in [0.4, 0.5) is 5.95 Å². The molecular weight excluding hydrogens is 368 g/mol. The van der Waals surface area contributed by atoms with Gasteiger partial charge in [0.25, 0.3) is 11.8 Å². The largest absolute Gasteiger partial charge is 0.337 e. The van der Waals surface area contributed by atoms with Gasteiger partial charge in [0, 0.05) is 51.7 Å². The smallest absolute Gasteiger partial charge is 0.272 e. The van der Waals surface area contributed by atoms with E-state index in [2.05, 4.69) is 19.9 Å². The molecule has 0 radical (unpaired) electrons. The molecule has 0 aromatic carbocycles. The molecule has 0 atom stereocenters. The van der Waals surface area contributed by atoms with Gasteiger partial charge in [0.2, 0.25) is 5.95 Å². The molecule has 2 aliphatic heterocycles. The third-order valence-electron chi connectivity index (χ3n) is 5.48. The van der Waals surface area contributed by atoms with Crippen molar-refractivity contribution < 1.29 is 9.59 Å². The molecule has 4 rings (SSSR count). The van der Waals surface area contributed by atoms with Crippen molar-refractivity contribution in [3.63, 3.8) is 0 Å². The first-order valence-corrected chi connectivity index (χ1v) is 10.3. The Kier molecular flexibility index (Phi) is 5.97. The van der Waals surface area contributed by atoms with E-state index in [1.165, 1.54) is 0 Å². The number of amides is 2. The lowest BCUT2D eigenvalue weighted by Gasteiger charge is -2.34. The Morgan fingerprint density at radius 1 is 0.690 bits per heavy atom. The standard InChI is InChI=1S/C21H26N6O2/c28-19(25-11-3-1-2-4-12-25)17-7-5-8-18(24-17)20(29)26-13-15-27(16-14-26)21-22-9-6-10-23-21/h5-10H,1-4,11-16H2. The van der Waals surface area contributed by atoms with Gasteiger partial charge >= 0.3 is 0 Å². The van der Waals surface area contributed by atoms with Gasteiger partial charge in [-0.2, -0.15) is 0 Å². The van der Waals surface area contributed by atoms with Crippen LogP contribution >= 0.6 is 0 Å². The highest BCUT2D eigenvalue weighted by molar-refractivity contribution is 5.96. The lowest BCUT2D eigenvalue weighted by molar-refractivity contribution is 0.0737. The van der Waals surface area contributed by atoms with Gasteiger partial charge in [-0.05, 0) is 31.0 Å². The van der Waals surface area contributed by atoms with E-state index in [4.69, 9.17) is 0 Å². The van der Waals surface area contributed by atoms with E-state index < -0.39 is 0 Å². The van der Waals surface area contributed by atoms with Crippen molar-refractivity contribution in [3.8, 4) is 0 Å². The summed E-state index contributed by atoms with van der Waals surface area (Å²) >= 11 is 0. The highest BCUT2D eigenvalue weighted by Gasteiger charge is 2.25. The van der Waals surface area contributed by atoms with Crippen molar-refractivity contribution in [2.75, 3.05) is 44.2 Å². The van der Waals surface area contributed by atoms with E-state index in [9.17, 15) is 9.59 Å². The van der Waals surface area contributed by atoms with E-state index in [0.717, 1.165) is 38.8 Å². The molecule has 8 heteroatoms. The van der Waals surface area contributed by atoms with Crippen molar-refractivity contribution in [1.29, 1.82) is 0 Å². The summed E-state index contributed by atoms with van der Waals surface area (Å²) in [4.78, 5) is 44.4. The van der Waals surface area contributed by atoms with Crippen LogP contribution in [0, 0.1) is 0 Å². The van der Waals surface area contributed by atoms with Crippen molar-refractivity contribution >= 4 is 17.8 Å². The van der Waals surface area contributed by atoms with Gasteiger partial charge in [0.1, 0.15) is 11.4 Å². The summed E-state index contributed by atoms with van der Waals surface area (Å²) in [6, 6.07) is 6.93. The second kappa shape index (κ2) is 8.98. The zero-order chi connectivity index (χ0) is 20.1. The molecule has 2 amide bonds. The molecule has 2 fully saturated rings. The summed E-state index contributed by atoms with van der Waals surface area (Å²) in [5.74, 6) is 0.472. The molecule has 0 bridgehead atoms. The number of pyridine rings is 1. The SMILES string of the molecule is O=C(c1cccc(C(=O)N2CCN(c3ncccn3)CC2)n1)N1CCCCCC1. The first-order chi connectivity index (χ1) is 14.2. The maximum atomic E-state index is 12.9. The number of aromatic nitrogens is 3. The molecule has 8 nitrogen and oxygen atoms in total. The fourth-order valence-electron chi connectivity index (χ4n) is 3.83. The van der Waals surface area contributed by atoms with Gasteiger partial charge in [-0.25, -0.2) is 15.0 Å². The molecule has 2 aromatic heterocycles. The summed E-state index contributed by atoms with van der Waals surface area (Å²) in [6.07, 6.45) is 7.82. The molecule has 0 saturated carbocycles. The minimum absolute atomic E-state index is 0.0763. The van der Waals surface area contributed by atoms with E-state index in [0.29, 0.717) is 43.5 Å². The fourth-order valence-corrected chi connectivity index (χ4v) is 3.83.